The van der Waals surface area contributed by atoms with Crippen molar-refractivity contribution in [3.8, 4) is 0 Å². The standard InChI is InChI=1S/C23H22N2O3/c26-19(24-18-7-3-5-14-4-1-2-6-17(14)18)12-13-25-22(27)20-15-8-9-16(11-10-15)21(20)23(25)28/h1-9,15-16,20-21H,10-13H2,(H,24,26). The number of hydrogen-bond acceptors (Lipinski definition) is 3. The Kier molecular flexibility index (Phi) is 4.04. The van der Waals surface area contributed by atoms with Crippen LogP contribution in [-0.4, -0.2) is 29.2 Å². The molecule has 1 saturated carbocycles. The number of hydrogen-bond donors (Lipinski definition) is 1. The lowest BCUT2D eigenvalue weighted by Crippen LogP contribution is -2.38. The molecule has 1 aliphatic heterocycles. The summed E-state index contributed by atoms with van der Waals surface area (Å²) in [6.07, 6.45) is 6.30. The number of imide groups is 1. The average molecular weight is 374 g/mol. The van der Waals surface area contributed by atoms with Crippen LogP contribution in [0.1, 0.15) is 19.3 Å². The number of nitrogens with one attached hydrogen (secondary N) is 1. The highest BCUT2D eigenvalue weighted by Gasteiger charge is 2.56. The van der Waals surface area contributed by atoms with Crippen molar-refractivity contribution in [1.29, 1.82) is 0 Å². The molecule has 1 heterocycles. The van der Waals surface area contributed by atoms with Gasteiger partial charge in [-0.3, -0.25) is 19.3 Å². The number of fused-ring (bicyclic) bond motifs is 2. The Morgan fingerprint density at radius 3 is 2.25 bits per heavy atom. The van der Waals surface area contributed by atoms with Crippen LogP contribution in [0.3, 0.4) is 0 Å². The van der Waals surface area contributed by atoms with Crippen LogP contribution < -0.4 is 5.32 Å². The van der Waals surface area contributed by atoms with Crippen LogP contribution >= 0.6 is 0 Å². The van der Waals surface area contributed by atoms with Gasteiger partial charge in [0.05, 0.1) is 11.8 Å². The normalized spacial score (nSPS) is 28.1. The molecule has 142 valence electrons. The van der Waals surface area contributed by atoms with Crippen molar-refractivity contribution in [2.24, 2.45) is 23.7 Å². The van der Waals surface area contributed by atoms with Crippen LogP contribution in [0.4, 0.5) is 5.69 Å². The number of amides is 3. The summed E-state index contributed by atoms with van der Waals surface area (Å²) >= 11 is 0. The molecule has 0 radical (unpaired) electrons. The van der Waals surface area contributed by atoms with E-state index in [9.17, 15) is 14.4 Å². The summed E-state index contributed by atoms with van der Waals surface area (Å²) in [6.45, 7) is 0.153. The van der Waals surface area contributed by atoms with Crippen LogP contribution in [0.15, 0.2) is 54.6 Å². The molecule has 4 atom stereocenters. The van der Waals surface area contributed by atoms with E-state index in [1.165, 1.54) is 4.90 Å². The Balaban J connectivity index is 1.27. The van der Waals surface area contributed by atoms with E-state index in [1.807, 2.05) is 42.5 Å². The Bertz CT molecular complexity index is 975. The predicted octanol–water partition coefficient (Wildman–Crippen LogP) is 3.37. The first-order chi connectivity index (χ1) is 13.6. The van der Waals surface area contributed by atoms with Crippen molar-refractivity contribution >= 4 is 34.2 Å². The molecular formula is C23H22N2O3. The molecule has 28 heavy (non-hydrogen) atoms. The van der Waals surface area contributed by atoms with Crippen LogP contribution in [0, 0.1) is 23.7 Å². The number of benzene rings is 2. The van der Waals surface area contributed by atoms with E-state index in [0.717, 1.165) is 29.3 Å². The van der Waals surface area contributed by atoms with E-state index < -0.39 is 0 Å². The van der Waals surface area contributed by atoms with Crippen molar-refractivity contribution in [3.05, 3.63) is 54.6 Å². The van der Waals surface area contributed by atoms with Gasteiger partial charge in [0.2, 0.25) is 17.7 Å². The number of anilines is 1. The van der Waals surface area contributed by atoms with Gasteiger partial charge in [-0.05, 0) is 36.1 Å². The number of rotatable bonds is 4. The fourth-order valence-corrected chi connectivity index (χ4v) is 5.12. The van der Waals surface area contributed by atoms with Gasteiger partial charge in [-0.1, -0.05) is 48.6 Å². The first-order valence-corrected chi connectivity index (χ1v) is 9.94. The van der Waals surface area contributed by atoms with E-state index in [0.29, 0.717) is 0 Å². The van der Waals surface area contributed by atoms with E-state index in [-0.39, 0.29) is 54.4 Å². The van der Waals surface area contributed by atoms with Crippen molar-refractivity contribution in [2.75, 3.05) is 11.9 Å². The first-order valence-electron chi connectivity index (χ1n) is 9.94. The van der Waals surface area contributed by atoms with Gasteiger partial charge in [0, 0.05) is 24.0 Å². The Labute approximate surface area is 163 Å². The maximum atomic E-state index is 12.8. The first kappa shape index (κ1) is 17.2. The van der Waals surface area contributed by atoms with Gasteiger partial charge < -0.3 is 5.32 Å². The summed E-state index contributed by atoms with van der Waals surface area (Å²) in [6, 6.07) is 13.6. The molecule has 6 rings (SSSR count). The highest BCUT2D eigenvalue weighted by Crippen LogP contribution is 2.49. The number of carbonyl (C=O) groups is 3. The lowest BCUT2D eigenvalue weighted by molar-refractivity contribution is -0.140. The molecule has 1 N–H and O–H groups in total. The number of nitrogens with zero attached hydrogens (tertiary/aromatic N) is 1. The third kappa shape index (κ3) is 2.65. The minimum atomic E-state index is -0.211. The lowest BCUT2D eigenvalue weighted by atomic mass is 9.63. The Morgan fingerprint density at radius 1 is 0.929 bits per heavy atom. The monoisotopic (exact) mass is 374 g/mol. The third-order valence-electron chi connectivity index (χ3n) is 6.48. The topological polar surface area (TPSA) is 66.5 Å². The number of likely N-dealkylation sites (tertiary alicyclic amines) is 1. The summed E-state index contributed by atoms with van der Waals surface area (Å²) in [5.74, 6) is -0.427. The van der Waals surface area contributed by atoms with Gasteiger partial charge in [0.25, 0.3) is 0 Å². The molecule has 4 aliphatic rings. The Hall–Kier alpha value is -2.95. The Morgan fingerprint density at radius 2 is 1.57 bits per heavy atom. The van der Waals surface area contributed by atoms with Gasteiger partial charge in [0.15, 0.2) is 0 Å². The van der Waals surface area contributed by atoms with Gasteiger partial charge >= 0.3 is 0 Å². The second kappa shape index (κ2) is 6.59. The fourth-order valence-electron chi connectivity index (χ4n) is 5.12. The fraction of sp³-hybridized carbons (Fsp3) is 0.348. The largest absolute Gasteiger partial charge is 0.325 e. The summed E-state index contributed by atoms with van der Waals surface area (Å²) in [7, 11) is 0. The summed E-state index contributed by atoms with van der Waals surface area (Å²) in [5, 5.41) is 4.96. The van der Waals surface area contributed by atoms with Gasteiger partial charge in [-0.15, -0.1) is 0 Å². The molecule has 5 heteroatoms. The van der Waals surface area contributed by atoms with E-state index in [1.54, 1.807) is 0 Å². The zero-order valence-electron chi connectivity index (χ0n) is 15.5. The van der Waals surface area contributed by atoms with E-state index >= 15 is 0 Å². The van der Waals surface area contributed by atoms with Crippen LogP contribution in [0.2, 0.25) is 0 Å². The van der Waals surface area contributed by atoms with Gasteiger partial charge in [-0.2, -0.15) is 0 Å². The second-order valence-electron chi connectivity index (χ2n) is 7.99. The molecular weight excluding hydrogens is 352 g/mol. The molecule has 2 aromatic rings. The predicted molar refractivity (Wildman–Crippen MR) is 106 cm³/mol. The smallest absolute Gasteiger partial charge is 0.233 e. The molecule has 2 bridgehead atoms. The maximum Gasteiger partial charge on any atom is 0.233 e. The number of carbonyl (C=O) groups excluding carboxylic acids is 3. The van der Waals surface area contributed by atoms with Crippen LogP contribution in [0.25, 0.3) is 10.8 Å². The summed E-state index contributed by atoms with van der Waals surface area (Å²) in [5.41, 5.74) is 0.748. The zero-order chi connectivity index (χ0) is 19.3. The van der Waals surface area contributed by atoms with Crippen molar-refractivity contribution in [1.82, 2.24) is 4.90 Å². The molecule has 0 spiro atoms. The SMILES string of the molecule is O=C(CCN1C(=O)C2C3C=CC(CC3)C2C1=O)Nc1cccc2ccccc12. The highest BCUT2D eigenvalue weighted by atomic mass is 16.2. The lowest BCUT2D eigenvalue weighted by Gasteiger charge is -2.38. The van der Waals surface area contributed by atoms with E-state index in [2.05, 4.69) is 17.5 Å². The van der Waals surface area contributed by atoms with Gasteiger partial charge in [0.1, 0.15) is 0 Å². The minimum Gasteiger partial charge on any atom is -0.325 e. The second-order valence-corrected chi connectivity index (χ2v) is 7.99. The van der Waals surface area contributed by atoms with Crippen LogP contribution in [-0.2, 0) is 14.4 Å². The summed E-state index contributed by atoms with van der Waals surface area (Å²) in [4.78, 5) is 39.5. The zero-order valence-corrected chi connectivity index (χ0v) is 15.5. The average Bonchev–Trinajstić information content (AvgIpc) is 3.00. The van der Waals surface area contributed by atoms with Crippen molar-refractivity contribution in [3.63, 3.8) is 0 Å². The maximum absolute atomic E-state index is 12.8. The van der Waals surface area contributed by atoms with Crippen LogP contribution in [0.5, 0.6) is 0 Å². The van der Waals surface area contributed by atoms with E-state index in [4.69, 9.17) is 0 Å². The third-order valence-corrected chi connectivity index (χ3v) is 6.48. The van der Waals surface area contributed by atoms with Gasteiger partial charge in [-0.25, -0.2) is 0 Å². The highest BCUT2D eigenvalue weighted by molar-refractivity contribution is 6.07. The molecule has 5 nitrogen and oxygen atoms in total. The molecule has 2 aromatic carbocycles. The summed E-state index contributed by atoms with van der Waals surface area (Å²) < 4.78 is 0. The minimum absolute atomic E-state index is 0.0907. The molecule has 2 fully saturated rings. The number of allylic oxidation sites excluding steroid dienone is 2. The molecule has 3 amide bonds. The van der Waals surface area contributed by atoms with Crippen molar-refractivity contribution < 1.29 is 14.4 Å². The molecule has 3 aliphatic carbocycles. The van der Waals surface area contributed by atoms with Crippen molar-refractivity contribution in [2.45, 2.75) is 19.3 Å². The molecule has 0 aromatic heterocycles. The quantitative estimate of drug-likeness (QED) is 0.659. The molecule has 1 saturated heterocycles. The molecule has 4 unspecified atom stereocenters.